The third kappa shape index (κ3) is 3.39. The van der Waals surface area contributed by atoms with Gasteiger partial charge >= 0.3 is 0 Å². The summed E-state index contributed by atoms with van der Waals surface area (Å²) in [4.78, 5) is 14.2. The van der Waals surface area contributed by atoms with Gasteiger partial charge in [0.25, 0.3) is 5.91 Å². The predicted octanol–water partition coefficient (Wildman–Crippen LogP) is 2.17. The number of aliphatic hydroxyl groups is 1. The van der Waals surface area contributed by atoms with E-state index in [1.807, 2.05) is 13.0 Å². The van der Waals surface area contributed by atoms with Gasteiger partial charge in [0.05, 0.1) is 30.4 Å². The number of amides is 1. The number of aliphatic hydroxyl groups excluding tert-OH is 1. The van der Waals surface area contributed by atoms with Gasteiger partial charge in [-0.25, -0.2) is 0 Å². The van der Waals surface area contributed by atoms with Crippen LogP contribution in [0.1, 0.15) is 17.3 Å². The number of hydrogen-bond donors (Lipinski definition) is 1. The lowest BCUT2D eigenvalue weighted by Crippen LogP contribution is -2.52. The molecule has 2 unspecified atom stereocenters. The van der Waals surface area contributed by atoms with Gasteiger partial charge in [-0.1, -0.05) is 11.6 Å². The Morgan fingerprint density at radius 1 is 1.63 bits per heavy atom. The topological polar surface area (TPSA) is 49.8 Å². The molecule has 1 fully saturated rings. The number of carbonyl (C=O) groups is 1. The van der Waals surface area contributed by atoms with Gasteiger partial charge in [0.2, 0.25) is 0 Å². The smallest absolute Gasteiger partial charge is 0.254 e. The van der Waals surface area contributed by atoms with Crippen LogP contribution >= 0.6 is 34.2 Å². The Balaban J connectivity index is 2.19. The lowest BCUT2D eigenvalue weighted by atomic mass is 10.1. The summed E-state index contributed by atoms with van der Waals surface area (Å²) < 4.78 is 6.34. The first kappa shape index (κ1) is 15.0. The first-order valence-electron chi connectivity index (χ1n) is 6.01. The van der Waals surface area contributed by atoms with Crippen molar-refractivity contribution >= 4 is 40.1 Å². The highest BCUT2D eigenvalue weighted by Crippen LogP contribution is 2.22. The van der Waals surface area contributed by atoms with Crippen LogP contribution in [0.5, 0.6) is 0 Å². The van der Waals surface area contributed by atoms with Crippen LogP contribution in [-0.4, -0.2) is 47.8 Å². The average molecular weight is 396 g/mol. The van der Waals surface area contributed by atoms with Crippen molar-refractivity contribution in [2.24, 2.45) is 0 Å². The van der Waals surface area contributed by atoms with Crippen molar-refractivity contribution in [3.63, 3.8) is 0 Å². The number of ether oxygens (including phenoxy) is 1. The molecule has 0 spiro atoms. The van der Waals surface area contributed by atoms with Gasteiger partial charge in [-0.15, -0.1) is 0 Å². The van der Waals surface area contributed by atoms with E-state index in [0.717, 1.165) is 3.57 Å². The quantitative estimate of drug-likeness (QED) is 0.781. The third-order valence-electron chi connectivity index (χ3n) is 3.14. The molecule has 1 aliphatic heterocycles. The Morgan fingerprint density at radius 2 is 2.37 bits per heavy atom. The zero-order valence-electron chi connectivity index (χ0n) is 10.5. The highest BCUT2D eigenvalue weighted by atomic mass is 127. The lowest BCUT2D eigenvalue weighted by Gasteiger charge is -2.37. The summed E-state index contributed by atoms with van der Waals surface area (Å²) in [5.74, 6) is -0.0763. The van der Waals surface area contributed by atoms with Crippen LogP contribution in [0.4, 0.5) is 0 Å². The normalized spacial score (nSPS) is 23.5. The van der Waals surface area contributed by atoms with Gasteiger partial charge in [0, 0.05) is 15.7 Å². The minimum absolute atomic E-state index is 0.00615. The van der Waals surface area contributed by atoms with E-state index < -0.39 is 0 Å². The van der Waals surface area contributed by atoms with Gasteiger partial charge in [0.15, 0.2) is 0 Å². The molecule has 104 valence electrons. The number of rotatable bonds is 2. The van der Waals surface area contributed by atoms with Gasteiger partial charge in [-0.05, 0) is 47.7 Å². The fourth-order valence-electron chi connectivity index (χ4n) is 2.01. The first-order chi connectivity index (χ1) is 9.02. The van der Waals surface area contributed by atoms with Crippen molar-refractivity contribution in [3.05, 3.63) is 32.4 Å². The zero-order valence-corrected chi connectivity index (χ0v) is 13.4. The highest BCUT2D eigenvalue weighted by Gasteiger charge is 2.30. The third-order valence-corrected chi connectivity index (χ3v) is 4.71. The minimum Gasteiger partial charge on any atom is -0.394 e. The van der Waals surface area contributed by atoms with Crippen molar-refractivity contribution in [2.75, 3.05) is 19.8 Å². The van der Waals surface area contributed by atoms with E-state index in [-0.39, 0.29) is 24.7 Å². The molecule has 2 rings (SSSR count). The Bertz CT molecular complexity index is 483. The van der Waals surface area contributed by atoms with E-state index in [4.69, 9.17) is 21.4 Å². The number of benzene rings is 1. The van der Waals surface area contributed by atoms with E-state index in [1.165, 1.54) is 0 Å². The lowest BCUT2D eigenvalue weighted by molar-refractivity contribution is -0.0667. The molecule has 1 amide bonds. The summed E-state index contributed by atoms with van der Waals surface area (Å²) >= 11 is 8.17. The molecule has 1 aliphatic rings. The van der Waals surface area contributed by atoms with Crippen LogP contribution in [0.15, 0.2) is 18.2 Å². The summed E-state index contributed by atoms with van der Waals surface area (Å²) in [5.41, 5.74) is 0.566. The molecular formula is C13H15ClINO3. The Labute approximate surface area is 130 Å². The molecule has 19 heavy (non-hydrogen) atoms. The minimum atomic E-state index is -0.306. The second kappa shape index (κ2) is 6.39. The molecule has 4 nitrogen and oxygen atoms in total. The molecule has 1 aromatic rings. The number of carbonyl (C=O) groups excluding carboxylic acids is 1. The molecule has 0 saturated carbocycles. The van der Waals surface area contributed by atoms with Crippen molar-refractivity contribution in [2.45, 2.75) is 19.1 Å². The van der Waals surface area contributed by atoms with Crippen LogP contribution in [0, 0.1) is 3.57 Å². The molecule has 0 bridgehead atoms. The van der Waals surface area contributed by atoms with E-state index in [1.54, 1.807) is 17.0 Å². The number of hydrogen-bond acceptors (Lipinski definition) is 3. The fourth-order valence-corrected chi connectivity index (χ4v) is 2.52. The summed E-state index contributed by atoms with van der Waals surface area (Å²) in [6.45, 7) is 2.69. The van der Waals surface area contributed by atoms with E-state index >= 15 is 0 Å². The molecule has 0 radical (unpaired) electrons. The second-order valence-electron chi connectivity index (χ2n) is 4.57. The number of morpholine rings is 1. The molecule has 2 atom stereocenters. The monoisotopic (exact) mass is 395 g/mol. The second-order valence-corrected chi connectivity index (χ2v) is 6.14. The maximum absolute atomic E-state index is 12.5. The average Bonchev–Trinajstić information content (AvgIpc) is 2.41. The van der Waals surface area contributed by atoms with E-state index in [9.17, 15) is 4.79 Å². The van der Waals surface area contributed by atoms with Crippen LogP contribution in [0.3, 0.4) is 0 Å². The number of nitrogens with zero attached hydrogens (tertiary/aromatic N) is 1. The van der Waals surface area contributed by atoms with Crippen molar-refractivity contribution in [1.29, 1.82) is 0 Å². The standard InChI is InChI=1S/C13H15ClINO3/c1-8-7-19-10(6-17)5-16(8)13(18)9-2-3-12(15)11(14)4-9/h2-4,8,10,17H,5-7H2,1H3. The largest absolute Gasteiger partial charge is 0.394 e. The van der Waals surface area contributed by atoms with Crippen LogP contribution < -0.4 is 0 Å². The van der Waals surface area contributed by atoms with Crippen molar-refractivity contribution in [3.8, 4) is 0 Å². The van der Waals surface area contributed by atoms with Gasteiger partial charge in [0.1, 0.15) is 0 Å². The first-order valence-corrected chi connectivity index (χ1v) is 7.47. The summed E-state index contributed by atoms with van der Waals surface area (Å²) in [6, 6.07) is 5.27. The van der Waals surface area contributed by atoms with E-state index in [2.05, 4.69) is 22.6 Å². The molecule has 6 heteroatoms. The van der Waals surface area contributed by atoms with Gasteiger partial charge in [-0.3, -0.25) is 4.79 Å². The molecule has 0 aliphatic carbocycles. The van der Waals surface area contributed by atoms with Crippen molar-refractivity contribution < 1.29 is 14.6 Å². The van der Waals surface area contributed by atoms with Crippen molar-refractivity contribution in [1.82, 2.24) is 4.90 Å². The maximum atomic E-state index is 12.5. The SMILES string of the molecule is CC1COC(CO)CN1C(=O)c1ccc(I)c(Cl)c1. The molecule has 1 aromatic carbocycles. The number of halogens is 2. The van der Waals surface area contributed by atoms with Gasteiger partial charge in [-0.2, -0.15) is 0 Å². The zero-order chi connectivity index (χ0) is 14.0. The maximum Gasteiger partial charge on any atom is 0.254 e. The van der Waals surface area contributed by atoms with E-state index in [0.29, 0.717) is 23.7 Å². The Kier molecular flexibility index (Phi) is 5.05. The van der Waals surface area contributed by atoms with Crippen LogP contribution in [0.25, 0.3) is 0 Å². The Hall–Kier alpha value is -0.370. The Morgan fingerprint density at radius 3 is 3.00 bits per heavy atom. The highest BCUT2D eigenvalue weighted by molar-refractivity contribution is 14.1. The summed E-state index contributed by atoms with van der Waals surface area (Å²) in [6.07, 6.45) is -0.306. The molecular weight excluding hydrogens is 381 g/mol. The molecule has 1 heterocycles. The molecule has 0 aromatic heterocycles. The predicted molar refractivity (Wildman–Crippen MR) is 81.5 cm³/mol. The van der Waals surface area contributed by atoms with Gasteiger partial charge < -0.3 is 14.7 Å². The summed E-state index contributed by atoms with van der Waals surface area (Å²) in [5, 5.41) is 9.72. The fraction of sp³-hybridized carbons (Fsp3) is 0.462. The summed E-state index contributed by atoms with van der Waals surface area (Å²) in [7, 11) is 0. The van der Waals surface area contributed by atoms with Crippen LogP contribution in [-0.2, 0) is 4.74 Å². The van der Waals surface area contributed by atoms with Crippen LogP contribution in [0.2, 0.25) is 5.02 Å². The molecule has 1 N–H and O–H groups in total. The molecule has 1 saturated heterocycles.